The lowest BCUT2D eigenvalue weighted by atomic mass is 10.2. The number of hydrogen-bond donors (Lipinski definition) is 1. The Balaban J connectivity index is 1.49. The number of nitrogens with zero attached hydrogens (tertiary/aromatic N) is 1. The van der Waals surface area contributed by atoms with Gasteiger partial charge in [-0.2, -0.15) is 0 Å². The van der Waals surface area contributed by atoms with E-state index < -0.39 is 0 Å². The van der Waals surface area contributed by atoms with Crippen LogP contribution >= 0.6 is 0 Å². The Morgan fingerprint density at radius 3 is 2.58 bits per heavy atom. The van der Waals surface area contributed by atoms with Crippen molar-refractivity contribution in [1.29, 1.82) is 0 Å². The van der Waals surface area contributed by atoms with E-state index in [0.29, 0.717) is 25.3 Å². The summed E-state index contributed by atoms with van der Waals surface area (Å²) >= 11 is 0. The summed E-state index contributed by atoms with van der Waals surface area (Å²) in [6, 6.07) is 13.7. The summed E-state index contributed by atoms with van der Waals surface area (Å²) in [7, 11) is 0. The van der Waals surface area contributed by atoms with Crippen LogP contribution in [0.1, 0.15) is 29.5 Å². The topological polar surface area (TPSA) is 68.3 Å². The van der Waals surface area contributed by atoms with E-state index in [1.54, 1.807) is 0 Å². The second kappa shape index (κ2) is 7.17. The summed E-state index contributed by atoms with van der Waals surface area (Å²) in [6.45, 7) is 4.04. The van der Waals surface area contributed by atoms with Crippen molar-refractivity contribution in [3.8, 4) is 11.3 Å². The van der Waals surface area contributed by atoms with Crippen molar-refractivity contribution in [3.63, 3.8) is 0 Å². The predicted molar refractivity (Wildman–Crippen MR) is 90.3 cm³/mol. The number of amides is 1. The Bertz CT molecular complexity index is 799. The number of furan rings is 1. The van der Waals surface area contributed by atoms with Crippen LogP contribution in [0.4, 0.5) is 0 Å². The molecule has 0 fully saturated rings. The van der Waals surface area contributed by atoms with E-state index in [1.165, 1.54) is 0 Å². The molecule has 0 aliphatic heterocycles. The summed E-state index contributed by atoms with van der Waals surface area (Å²) in [5, 5.41) is 2.81. The molecule has 3 aromatic rings. The molecule has 0 spiro atoms. The summed E-state index contributed by atoms with van der Waals surface area (Å²) in [5.74, 6) is 2.87. The standard InChI is InChI=1S/C19H20N2O3/c1-13-14(2)23-19(21-13)12-20-18(22)11-9-16-8-10-17(24-16)15-6-4-3-5-7-15/h3-8,10H,9,11-12H2,1-2H3,(H,20,22). The van der Waals surface area contributed by atoms with Gasteiger partial charge in [-0.25, -0.2) is 4.98 Å². The number of benzene rings is 1. The molecule has 0 saturated carbocycles. The zero-order valence-electron chi connectivity index (χ0n) is 13.8. The Morgan fingerprint density at radius 1 is 1.08 bits per heavy atom. The van der Waals surface area contributed by atoms with Crippen LogP contribution in [0.25, 0.3) is 11.3 Å². The zero-order chi connectivity index (χ0) is 16.9. The summed E-state index contributed by atoms with van der Waals surface area (Å²) < 4.78 is 11.2. The van der Waals surface area contributed by atoms with Gasteiger partial charge in [0, 0.05) is 18.4 Å². The van der Waals surface area contributed by atoms with Crippen LogP contribution in [0.3, 0.4) is 0 Å². The molecule has 0 bridgehead atoms. The highest BCUT2D eigenvalue weighted by molar-refractivity contribution is 5.76. The van der Waals surface area contributed by atoms with Gasteiger partial charge in [0.05, 0.1) is 12.2 Å². The third-order valence-corrected chi connectivity index (χ3v) is 3.83. The summed E-state index contributed by atoms with van der Waals surface area (Å²) in [4.78, 5) is 16.2. The minimum absolute atomic E-state index is 0.0545. The zero-order valence-corrected chi connectivity index (χ0v) is 13.8. The van der Waals surface area contributed by atoms with E-state index in [4.69, 9.17) is 8.83 Å². The first-order chi connectivity index (χ1) is 11.6. The molecule has 5 nitrogen and oxygen atoms in total. The highest BCUT2D eigenvalue weighted by Crippen LogP contribution is 2.22. The number of nitrogens with one attached hydrogen (secondary N) is 1. The first-order valence-corrected chi connectivity index (χ1v) is 7.95. The molecular formula is C19H20N2O3. The molecule has 0 saturated heterocycles. The van der Waals surface area contributed by atoms with Gasteiger partial charge in [-0.3, -0.25) is 4.79 Å². The first-order valence-electron chi connectivity index (χ1n) is 7.95. The second-order valence-corrected chi connectivity index (χ2v) is 5.66. The molecular weight excluding hydrogens is 304 g/mol. The smallest absolute Gasteiger partial charge is 0.220 e. The normalized spacial score (nSPS) is 10.8. The van der Waals surface area contributed by atoms with Crippen molar-refractivity contribution in [2.75, 3.05) is 0 Å². The second-order valence-electron chi connectivity index (χ2n) is 5.66. The molecule has 124 valence electrons. The molecule has 5 heteroatoms. The maximum atomic E-state index is 11.9. The number of carbonyl (C=O) groups excluding carboxylic acids is 1. The lowest BCUT2D eigenvalue weighted by Crippen LogP contribution is -2.23. The predicted octanol–water partition coefficient (Wildman–Crippen LogP) is 3.80. The van der Waals surface area contributed by atoms with Gasteiger partial charge in [-0.05, 0) is 26.0 Å². The quantitative estimate of drug-likeness (QED) is 0.749. The molecule has 2 heterocycles. The van der Waals surface area contributed by atoms with Gasteiger partial charge < -0.3 is 14.2 Å². The fraction of sp³-hybridized carbons (Fsp3) is 0.263. The van der Waals surface area contributed by atoms with E-state index in [0.717, 1.165) is 28.5 Å². The number of hydrogen-bond acceptors (Lipinski definition) is 4. The average molecular weight is 324 g/mol. The van der Waals surface area contributed by atoms with E-state index in [-0.39, 0.29) is 5.91 Å². The number of aromatic nitrogens is 1. The minimum atomic E-state index is -0.0545. The van der Waals surface area contributed by atoms with E-state index in [1.807, 2.05) is 56.3 Å². The Morgan fingerprint density at radius 2 is 1.88 bits per heavy atom. The van der Waals surface area contributed by atoms with Crippen LogP contribution < -0.4 is 5.32 Å². The van der Waals surface area contributed by atoms with Gasteiger partial charge in [0.2, 0.25) is 11.8 Å². The van der Waals surface area contributed by atoms with Crippen LogP contribution in [-0.4, -0.2) is 10.9 Å². The maximum absolute atomic E-state index is 11.9. The third-order valence-electron chi connectivity index (χ3n) is 3.83. The molecule has 2 aromatic heterocycles. The van der Waals surface area contributed by atoms with Gasteiger partial charge in [0.15, 0.2) is 0 Å². The van der Waals surface area contributed by atoms with E-state index in [9.17, 15) is 4.79 Å². The van der Waals surface area contributed by atoms with Gasteiger partial charge >= 0.3 is 0 Å². The first kappa shape index (κ1) is 16.1. The van der Waals surface area contributed by atoms with Crippen molar-refractivity contribution < 1.29 is 13.6 Å². The van der Waals surface area contributed by atoms with Crippen LogP contribution in [0.5, 0.6) is 0 Å². The van der Waals surface area contributed by atoms with Gasteiger partial charge in [-0.15, -0.1) is 0 Å². The van der Waals surface area contributed by atoms with Gasteiger partial charge in [0.1, 0.15) is 17.3 Å². The third kappa shape index (κ3) is 3.93. The molecule has 24 heavy (non-hydrogen) atoms. The highest BCUT2D eigenvalue weighted by atomic mass is 16.4. The lowest BCUT2D eigenvalue weighted by Gasteiger charge is -2.01. The van der Waals surface area contributed by atoms with E-state index >= 15 is 0 Å². The van der Waals surface area contributed by atoms with Gasteiger partial charge in [0.25, 0.3) is 0 Å². The van der Waals surface area contributed by atoms with Crippen molar-refractivity contribution in [2.24, 2.45) is 0 Å². The Labute approximate surface area is 140 Å². The SMILES string of the molecule is Cc1nc(CNC(=O)CCc2ccc(-c3ccccc3)o2)oc1C. The molecule has 1 N–H and O–H groups in total. The van der Waals surface area contributed by atoms with Crippen LogP contribution in [0.2, 0.25) is 0 Å². The number of rotatable bonds is 6. The molecule has 3 rings (SSSR count). The molecule has 0 unspecified atom stereocenters. The van der Waals surface area contributed by atoms with Crippen LogP contribution in [0, 0.1) is 13.8 Å². The number of aryl methyl sites for hydroxylation is 3. The molecule has 0 radical (unpaired) electrons. The number of oxazole rings is 1. The van der Waals surface area contributed by atoms with Crippen LogP contribution in [-0.2, 0) is 17.8 Å². The van der Waals surface area contributed by atoms with Crippen molar-refractivity contribution in [3.05, 3.63) is 65.6 Å². The summed E-state index contributed by atoms with van der Waals surface area (Å²) in [6.07, 6.45) is 0.919. The Kier molecular flexibility index (Phi) is 4.79. The van der Waals surface area contributed by atoms with Crippen molar-refractivity contribution in [1.82, 2.24) is 10.3 Å². The van der Waals surface area contributed by atoms with Crippen molar-refractivity contribution in [2.45, 2.75) is 33.2 Å². The van der Waals surface area contributed by atoms with Crippen LogP contribution in [0.15, 0.2) is 51.3 Å². The molecule has 0 aliphatic rings. The summed E-state index contributed by atoms with van der Waals surface area (Å²) in [5.41, 5.74) is 1.88. The molecule has 1 amide bonds. The largest absolute Gasteiger partial charge is 0.461 e. The molecule has 0 aliphatic carbocycles. The minimum Gasteiger partial charge on any atom is -0.461 e. The fourth-order valence-electron chi connectivity index (χ4n) is 2.38. The average Bonchev–Trinajstić information content (AvgIpc) is 3.19. The van der Waals surface area contributed by atoms with Gasteiger partial charge in [-0.1, -0.05) is 30.3 Å². The molecule has 0 atom stereocenters. The fourth-order valence-corrected chi connectivity index (χ4v) is 2.38. The lowest BCUT2D eigenvalue weighted by molar-refractivity contribution is -0.121. The highest BCUT2D eigenvalue weighted by Gasteiger charge is 2.09. The van der Waals surface area contributed by atoms with E-state index in [2.05, 4.69) is 10.3 Å². The maximum Gasteiger partial charge on any atom is 0.220 e. The Hall–Kier alpha value is -2.82. The number of carbonyl (C=O) groups is 1. The monoisotopic (exact) mass is 324 g/mol. The molecule has 1 aromatic carbocycles. The van der Waals surface area contributed by atoms with Crippen molar-refractivity contribution >= 4 is 5.91 Å².